The van der Waals surface area contributed by atoms with Gasteiger partial charge in [0.2, 0.25) is 0 Å². The van der Waals surface area contributed by atoms with Crippen molar-refractivity contribution in [3.8, 4) is 0 Å². The molecule has 1 heterocycles. The van der Waals surface area contributed by atoms with E-state index in [0.29, 0.717) is 6.61 Å². The van der Waals surface area contributed by atoms with Gasteiger partial charge in [-0.1, -0.05) is 6.92 Å². The lowest BCUT2D eigenvalue weighted by atomic mass is 10.1. The van der Waals surface area contributed by atoms with E-state index in [-0.39, 0.29) is 12.1 Å². The van der Waals surface area contributed by atoms with Crippen LogP contribution in [0.2, 0.25) is 0 Å². The second kappa shape index (κ2) is 6.96. The maximum Gasteiger partial charge on any atom is 0.0945 e. The van der Waals surface area contributed by atoms with Crippen LogP contribution in [-0.2, 0) is 11.2 Å². The molecule has 1 aromatic rings. The third-order valence-corrected chi connectivity index (χ3v) is 3.50. The highest BCUT2D eigenvalue weighted by atomic mass is 32.1. The molecule has 0 aliphatic rings. The average molecular weight is 243 g/mol. The minimum absolute atomic E-state index is 0.135. The molecule has 0 bridgehead atoms. The summed E-state index contributed by atoms with van der Waals surface area (Å²) in [5.41, 5.74) is 3.91. The molecule has 16 heavy (non-hydrogen) atoms. The van der Waals surface area contributed by atoms with E-state index in [9.17, 15) is 0 Å². The Morgan fingerprint density at radius 1 is 1.56 bits per heavy atom. The van der Waals surface area contributed by atoms with Gasteiger partial charge in [-0.2, -0.15) is 0 Å². The molecule has 0 saturated carbocycles. The van der Waals surface area contributed by atoms with Crippen molar-refractivity contribution in [3.63, 3.8) is 0 Å². The molecule has 92 valence electrons. The van der Waals surface area contributed by atoms with Gasteiger partial charge in [-0.05, 0) is 20.3 Å². The Hall–Kier alpha value is -0.490. The molecular weight excluding hydrogens is 222 g/mol. The van der Waals surface area contributed by atoms with Crippen LogP contribution in [0.5, 0.6) is 0 Å². The fourth-order valence-corrected chi connectivity index (χ4v) is 2.55. The smallest absolute Gasteiger partial charge is 0.0945 e. The van der Waals surface area contributed by atoms with Crippen LogP contribution in [0.25, 0.3) is 0 Å². The number of nitrogens with zero attached hydrogens (tertiary/aromatic N) is 1. The Bertz CT molecular complexity index is 303. The molecule has 4 nitrogen and oxygen atoms in total. The molecular formula is C11H21N3OS. The molecule has 2 atom stereocenters. The van der Waals surface area contributed by atoms with Gasteiger partial charge in [0, 0.05) is 24.1 Å². The number of rotatable bonds is 7. The summed E-state index contributed by atoms with van der Waals surface area (Å²) in [6.07, 6.45) is 1.93. The van der Waals surface area contributed by atoms with Crippen molar-refractivity contribution >= 4 is 11.3 Å². The van der Waals surface area contributed by atoms with Crippen molar-refractivity contribution in [1.29, 1.82) is 0 Å². The largest absolute Gasteiger partial charge is 0.377 e. The van der Waals surface area contributed by atoms with Crippen LogP contribution < -0.4 is 11.3 Å². The van der Waals surface area contributed by atoms with Crippen molar-refractivity contribution in [1.82, 2.24) is 10.4 Å². The zero-order valence-corrected chi connectivity index (χ0v) is 11.0. The normalized spacial score (nSPS) is 15.0. The molecule has 1 aromatic heterocycles. The molecule has 0 aliphatic carbocycles. The first-order valence-electron chi connectivity index (χ1n) is 5.70. The second-order valence-electron chi connectivity index (χ2n) is 3.76. The Kier molecular flexibility index (Phi) is 5.90. The van der Waals surface area contributed by atoms with Gasteiger partial charge >= 0.3 is 0 Å². The van der Waals surface area contributed by atoms with E-state index < -0.39 is 0 Å². The van der Waals surface area contributed by atoms with Crippen LogP contribution in [0.15, 0.2) is 5.38 Å². The molecule has 0 fully saturated rings. The Labute approximate surface area is 101 Å². The number of aromatic nitrogens is 1. The Balaban J connectivity index is 2.59. The van der Waals surface area contributed by atoms with Crippen LogP contribution >= 0.6 is 11.3 Å². The van der Waals surface area contributed by atoms with Gasteiger partial charge in [0.15, 0.2) is 0 Å². The molecule has 1 rings (SSSR count). The zero-order chi connectivity index (χ0) is 12.0. The van der Waals surface area contributed by atoms with Crippen molar-refractivity contribution in [2.24, 2.45) is 5.84 Å². The van der Waals surface area contributed by atoms with E-state index in [1.165, 1.54) is 0 Å². The lowest BCUT2D eigenvalue weighted by Crippen LogP contribution is -2.46. The van der Waals surface area contributed by atoms with Gasteiger partial charge in [0.25, 0.3) is 0 Å². The first-order valence-corrected chi connectivity index (χ1v) is 6.57. The number of hydrogen-bond acceptors (Lipinski definition) is 5. The van der Waals surface area contributed by atoms with Crippen molar-refractivity contribution in [2.75, 3.05) is 6.61 Å². The number of aryl methyl sites for hydroxylation is 1. The fourth-order valence-electron chi connectivity index (χ4n) is 1.71. The number of nitrogens with one attached hydrogen (secondary N) is 1. The number of ether oxygens (including phenoxy) is 1. The summed E-state index contributed by atoms with van der Waals surface area (Å²) in [6, 6.07) is 0.135. The molecule has 0 radical (unpaired) electrons. The third-order valence-electron chi connectivity index (χ3n) is 2.51. The Morgan fingerprint density at radius 2 is 2.31 bits per heavy atom. The standard InChI is InChI=1S/C11H21N3OS/c1-4-10(15-5-2)9(14-12)6-11-13-8(3)7-16-11/h7,9-10,14H,4-6,12H2,1-3H3. The number of hydrogen-bond donors (Lipinski definition) is 2. The van der Waals surface area contributed by atoms with E-state index in [1.807, 2.05) is 13.8 Å². The molecule has 5 heteroatoms. The summed E-state index contributed by atoms with van der Waals surface area (Å²) in [5.74, 6) is 5.58. The highest BCUT2D eigenvalue weighted by molar-refractivity contribution is 7.09. The third kappa shape index (κ3) is 3.83. The van der Waals surface area contributed by atoms with Gasteiger partial charge in [-0.3, -0.25) is 11.3 Å². The van der Waals surface area contributed by atoms with Crippen LogP contribution in [0.4, 0.5) is 0 Å². The predicted octanol–water partition coefficient (Wildman–Crippen LogP) is 1.64. The summed E-state index contributed by atoms with van der Waals surface area (Å²) in [5, 5.41) is 3.17. The van der Waals surface area contributed by atoms with E-state index in [4.69, 9.17) is 10.6 Å². The number of thiazole rings is 1. The maximum absolute atomic E-state index is 5.66. The SMILES string of the molecule is CCOC(CC)C(Cc1nc(C)cs1)NN. The van der Waals surface area contributed by atoms with Crippen LogP contribution in [-0.4, -0.2) is 23.7 Å². The first kappa shape index (κ1) is 13.6. The summed E-state index contributed by atoms with van der Waals surface area (Å²) in [4.78, 5) is 4.44. The van der Waals surface area contributed by atoms with E-state index in [2.05, 4.69) is 22.7 Å². The molecule has 0 spiro atoms. The minimum Gasteiger partial charge on any atom is -0.377 e. The Morgan fingerprint density at radius 3 is 2.75 bits per heavy atom. The monoisotopic (exact) mass is 243 g/mol. The number of hydrazine groups is 1. The molecule has 0 amide bonds. The summed E-state index contributed by atoms with van der Waals surface area (Å²) >= 11 is 1.68. The highest BCUT2D eigenvalue weighted by Crippen LogP contribution is 2.14. The van der Waals surface area contributed by atoms with Crippen LogP contribution in [0.3, 0.4) is 0 Å². The molecule has 0 aliphatic heterocycles. The quantitative estimate of drug-likeness (QED) is 0.564. The molecule has 0 saturated heterocycles. The highest BCUT2D eigenvalue weighted by Gasteiger charge is 2.20. The minimum atomic E-state index is 0.135. The lowest BCUT2D eigenvalue weighted by Gasteiger charge is -2.24. The fraction of sp³-hybridized carbons (Fsp3) is 0.727. The first-order chi connectivity index (χ1) is 7.71. The van der Waals surface area contributed by atoms with Gasteiger partial charge in [-0.25, -0.2) is 4.98 Å². The van der Waals surface area contributed by atoms with E-state index in [0.717, 1.165) is 23.5 Å². The summed E-state index contributed by atoms with van der Waals surface area (Å²) < 4.78 is 5.66. The molecule has 2 unspecified atom stereocenters. The molecule has 0 aromatic carbocycles. The summed E-state index contributed by atoms with van der Waals surface area (Å²) in [7, 11) is 0. The van der Waals surface area contributed by atoms with Gasteiger partial charge in [0.1, 0.15) is 0 Å². The lowest BCUT2D eigenvalue weighted by molar-refractivity contribution is 0.0319. The van der Waals surface area contributed by atoms with E-state index in [1.54, 1.807) is 11.3 Å². The second-order valence-corrected chi connectivity index (χ2v) is 4.70. The number of nitrogens with two attached hydrogens (primary N) is 1. The summed E-state index contributed by atoms with van der Waals surface area (Å²) in [6.45, 7) is 6.83. The maximum atomic E-state index is 5.66. The predicted molar refractivity (Wildman–Crippen MR) is 67.4 cm³/mol. The average Bonchev–Trinajstić information content (AvgIpc) is 2.69. The van der Waals surface area contributed by atoms with Crippen LogP contribution in [0, 0.1) is 6.92 Å². The van der Waals surface area contributed by atoms with Crippen LogP contribution in [0.1, 0.15) is 31.0 Å². The zero-order valence-electron chi connectivity index (χ0n) is 10.2. The molecule has 3 N–H and O–H groups in total. The van der Waals surface area contributed by atoms with Crippen molar-refractivity contribution in [3.05, 3.63) is 16.1 Å². The topological polar surface area (TPSA) is 60.2 Å². The van der Waals surface area contributed by atoms with Crippen molar-refractivity contribution in [2.45, 2.75) is 45.8 Å². The van der Waals surface area contributed by atoms with Crippen molar-refractivity contribution < 1.29 is 4.74 Å². The van der Waals surface area contributed by atoms with Gasteiger partial charge in [-0.15, -0.1) is 11.3 Å². The van der Waals surface area contributed by atoms with Gasteiger partial charge in [0.05, 0.1) is 17.2 Å². The van der Waals surface area contributed by atoms with E-state index >= 15 is 0 Å². The van der Waals surface area contributed by atoms with Gasteiger partial charge < -0.3 is 4.74 Å².